The summed E-state index contributed by atoms with van der Waals surface area (Å²) in [6.45, 7) is 5.70. The van der Waals surface area contributed by atoms with Crippen LogP contribution in [0.5, 0.6) is 11.5 Å². The molecule has 1 N–H and O–H groups in total. The minimum absolute atomic E-state index is 0.0188. The third-order valence-electron chi connectivity index (χ3n) is 5.89. The standard InChI is InChI=1S/C27H32N4O4/c1-20-5-9-23(10-6-20)34-15-13-26(32)29-22-16-28-31(17-22)19-27(33)30-14-3-4-25(18-30)35-24-11-7-21(2)8-12-24/h5-12,16-17,25H,3-4,13-15,18-19H2,1-2H3,(H,29,32). The predicted octanol–water partition coefficient (Wildman–Crippen LogP) is 3.98. The van der Waals surface area contributed by atoms with Gasteiger partial charge in [-0.15, -0.1) is 0 Å². The number of benzene rings is 2. The molecular weight excluding hydrogens is 444 g/mol. The van der Waals surface area contributed by atoms with E-state index in [9.17, 15) is 9.59 Å². The van der Waals surface area contributed by atoms with Crippen LogP contribution in [0.15, 0.2) is 60.9 Å². The Bertz CT molecular complexity index is 1120. The Morgan fingerprint density at radius 3 is 2.43 bits per heavy atom. The average molecular weight is 477 g/mol. The quantitative estimate of drug-likeness (QED) is 0.505. The Kier molecular flexibility index (Phi) is 8.03. The smallest absolute Gasteiger partial charge is 0.244 e. The summed E-state index contributed by atoms with van der Waals surface area (Å²) >= 11 is 0. The molecule has 4 rings (SSSR count). The number of aryl methyl sites for hydroxylation is 2. The molecule has 1 saturated heterocycles. The molecule has 35 heavy (non-hydrogen) atoms. The molecule has 1 atom stereocenters. The van der Waals surface area contributed by atoms with E-state index in [1.54, 1.807) is 17.1 Å². The summed E-state index contributed by atoms with van der Waals surface area (Å²) in [6.07, 6.45) is 5.22. The number of hydrogen-bond acceptors (Lipinski definition) is 5. The van der Waals surface area contributed by atoms with Crippen molar-refractivity contribution in [2.24, 2.45) is 0 Å². The zero-order valence-electron chi connectivity index (χ0n) is 20.3. The molecule has 0 radical (unpaired) electrons. The van der Waals surface area contributed by atoms with Crippen molar-refractivity contribution in [2.75, 3.05) is 25.0 Å². The van der Waals surface area contributed by atoms with Crippen molar-refractivity contribution in [2.45, 2.75) is 45.8 Å². The molecule has 0 spiro atoms. The van der Waals surface area contributed by atoms with Gasteiger partial charge in [-0.05, 0) is 51.0 Å². The fraction of sp³-hybridized carbons (Fsp3) is 0.370. The molecular formula is C27H32N4O4. The lowest BCUT2D eigenvalue weighted by Crippen LogP contribution is -2.45. The summed E-state index contributed by atoms with van der Waals surface area (Å²) in [4.78, 5) is 26.9. The van der Waals surface area contributed by atoms with E-state index in [1.807, 2.05) is 67.3 Å². The SMILES string of the molecule is Cc1ccc(OCCC(=O)Nc2cnn(CC(=O)N3CCCC(Oc4ccc(C)cc4)C3)c2)cc1. The first kappa shape index (κ1) is 24.3. The molecule has 8 heteroatoms. The number of aromatic nitrogens is 2. The molecule has 1 unspecified atom stereocenters. The zero-order chi connectivity index (χ0) is 24.6. The number of nitrogens with one attached hydrogen (secondary N) is 1. The van der Waals surface area contributed by atoms with Gasteiger partial charge in [0.15, 0.2) is 0 Å². The van der Waals surface area contributed by atoms with Crippen molar-refractivity contribution in [3.8, 4) is 11.5 Å². The van der Waals surface area contributed by atoms with Crippen molar-refractivity contribution in [3.63, 3.8) is 0 Å². The highest BCUT2D eigenvalue weighted by Gasteiger charge is 2.25. The van der Waals surface area contributed by atoms with Crippen LogP contribution in [0.25, 0.3) is 0 Å². The first-order valence-corrected chi connectivity index (χ1v) is 12.0. The van der Waals surface area contributed by atoms with E-state index in [0.29, 0.717) is 18.8 Å². The van der Waals surface area contributed by atoms with Gasteiger partial charge in [0.1, 0.15) is 24.1 Å². The predicted molar refractivity (Wildman–Crippen MR) is 134 cm³/mol. The molecule has 0 aliphatic carbocycles. The number of carbonyl (C=O) groups excluding carboxylic acids is 2. The van der Waals surface area contributed by atoms with E-state index in [4.69, 9.17) is 9.47 Å². The molecule has 0 saturated carbocycles. The van der Waals surface area contributed by atoms with Gasteiger partial charge in [0, 0.05) is 12.7 Å². The van der Waals surface area contributed by atoms with Crippen LogP contribution in [0.2, 0.25) is 0 Å². The Morgan fingerprint density at radius 2 is 1.71 bits per heavy atom. The molecule has 2 amide bonds. The van der Waals surface area contributed by atoms with Crippen molar-refractivity contribution < 1.29 is 19.1 Å². The van der Waals surface area contributed by atoms with Gasteiger partial charge in [0.2, 0.25) is 11.8 Å². The Labute approximate surface area is 205 Å². The van der Waals surface area contributed by atoms with Gasteiger partial charge in [0.05, 0.1) is 31.5 Å². The average Bonchev–Trinajstić information content (AvgIpc) is 3.28. The lowest BCUT2D eigenvalue weighted by molar-refractivity contribution is -0.134. The van der Waals surface area contributed by atoms with Crippen molar-refractivity contribution in [1.29, 1.82) is 0 Å². The number of rotatable bonds is 9. The molecule has 2 aromatic carbocycles. The summed E-state index contributed by atoms with van der Waals surface area (Å²) in [5, 5.41) is 7.03. The maximum absolute atomic E-state index is 12.8. The lowest BCUT2D eigenvalue weighted by Gasteiger charge is -2.33. The fourth-order valence-electron chi connectivity index (χ4n) is 3.94. The number of nitrogens with zero attached hydrogens (tertiary/aromatic N) is 3. The van der Waals surface area contributed by atoms with Crippen LogP contribution in [0, 0.1) is 13.8 Å². The number of carbonyl (C=O) groups is 2. The largest absolute Gasteiger partial charge is 0.493 e. The van der Waals surface area contributed by atoms with Crippen LogP contribution in [-0.4, -0.2) is 52.3 Å². The van der Waals surface area contributed by atoms with Crippen molar-refractivity contribution in [3.05, 3.63) is 72.1 Å². The summed E-state index contributed by atoms with van der Waals surface area (Å²) in [5.41, 5.74) is 2.89. The Balaban J connectivity index is 1.21. The summed E-state index contributed by atoms with van der Waals surface area (Å²) < 4.78 is 13.2. The molecule has 1 aliphatic rings. The van der Waals surface area contributed by atoms with Crippen molar-refractivity contribution >= 4 is 17.5 Å². The normalized spacial score (nSPS) is 15.5. The maximum Gasteiger partial charge on any atom is 0.244 e. The number of ether oxygens (including phenoxy) is 2. The minimum atomic E-state index is -0.171. The van der Waals surface area contributed by atoms with Crippen LogP contribution < -0.4 is 14.8 Å². The van der Waals surface area contributed by atoms with Gasteiger partial charge < -0.3 is 19.7 Å². The van der Waals surface area contributed by atoms with Gasteiger partial charge in [-0.25, -0.2) is 0 Å². The topological polar surface area (TPSA) is 85.7 Å². The number of hydrogen-bond donors (Lipinski definition) is 1. The van der Waals surface area contributed by atoms with Gasteiger partial charge >= 0.3 is 0 Å². The van der Waals surface area contributed by atoms with E-state index in [1.165, 1.54) is 5.56 Å². The number of piperidine rings is 1. The second kappa shape index (κ2) is 11.6. The van der Waals surface area contributed by atoms with Crippen LogP contribution in [0.3, 0.4) is 0 Å². The first-order chi connectivity index (χ1) is 16.9. The second-order valence-electron chi connectivity index (χ2n) is 8.92. The van der Waals surface area contributed by atoms with Gasteiger partial charge in [-0.1, -0.05) is 35.4 Å². The highest BCUT2D eigenvalue weighted by molar-refractivity contribution is 5.90. The van der Waals surface area contributed by atoms with E-state index < -0.39 is 0 Å². The minimum Gasteiger partial charge on any atom is -0.493 e. The van der Waals surface area contributed by atoms with Gasteiger partial charge in [-0.3, -0.25) is 14.3 Å². The zero-order valence-corrected chi connectivity index (χ0v) is 20.3. The van der Waals surface area contributed by atoms with Crippen LogP contribution in [0.4, 0.5) is 5.69 Å². The molecule has 0 bridgehead atoms. The number of anilines is 1. The first-order valence-electron chi connectivity index (χ1n) is 12.0. The molecule has 1 aromatic heterocycles. The Morgan fingerprint density at radius 1 is 1.03 bits per heavy atom. The third-order valence-corrected chi connectivity index (χ3v) is 5.89. The fourth-order valence-corrected chi connectivity index (χ4v) is 3.94. The lowest BCUT2D eigenvalue weighted by atomic mass is 10.1. The highest BCUT2D eigenvalue weighted by Crippen LogP contribution is 2.19. The number of likely N-dealkylation sites (tertiary alicyclic amines) is 1. The third kappa shape index (κ3) is 7.34. The van der Waals surface area contributed by atoms with E-state index in [0.717, 1.165) is 29.9 Å². The van der Waals surface area contributed by atoms with E-state index >= 15 is 0 Å². The van der Waals surface area contributed by atoms with Crippen molar-refractivity contribution in [1.82, 2.24) is 14.7 Å². The van der Waals surface area contributed by atoms with E-state index in [2.05, 4.69) is 10.4 Å². The maximum atomic E-state index is 12.8. The molecule has 1 aliphatic heterocycles. The van der Waals surface area contributed by atoms with Gasteiger partial charge in [0.25, 0.3) is 0 Å². The number of amides is 2. The highest BCUT2D eigenvalue weighted by atomic mass is 16.5. The molecule has 8 nitrogen and oxygen atoms in total. The van der Waals surface area contributed by atoms with Crippen LogP contribution in [-0.2, 0) is 16.1 Å². The Hall–Kier alpha value is -3.81. The molecule has 1 fully saturated rings. The second-order valence-corrected chi connectivity index (χ2v) is 8.92. The summed E-state index contributed by atoms with van der Waals surface area (Å²) in [7, 11) is 0. The van der Waals surface area contributed by atoms with Crippen LogP contribution >= 0.6 is 0 Å². The molecule has 2 heterocycles. The summed E-state index contributed by atoms with van der Waals surface area (Å²) in [5.74, 6) is 1.37. The molecule has 184 valence electrons. The van der Waals surface area contributed by atoms with E-state index in [-0.39, 0.29) is 37.5 Å². The van der Waals surface area contributed by atoms with Gasteiger partial charge in [-0.2, -0.15) is 5.10 Å². The molecule has 3 aromatic rings. The monoisotopic (exact) mass is 476 g/mol. The van der Waals surface area contributed by atoms with Crippen LogP contribution in [0.1, 0.15) is 30.4 Å². The summed E-state index contributed by atoms with van der Waals surface area (Å²) in [6, 6.07) is 15.7.